The molecule has 0 saturated heterocycles. The van der Waals surface area contributed by atoms with Crippen LogP contribution in [0.4, 0.5) is 5.69 Å². The molecule has 0 unspecified atom stereocenters. The number of aryl methyl sites for hydroxylation is 2. The maximum absolute atomic E-state index is 12.2. The number of oxazole rings is 1. The number of fused-ring (bicyclic) bond motifs is 1. The fraction of sp³-hybridized carbons (Fsp3) is 0.208. The Bertz CT molecular complexity index is 1100. The number of nitrogens with zero attached hydrogens (tertiary/aromatic N) is 2. The number of rotatable bonds is 7. The molecule has 4 aromatic rings. The van der Waals surface area contributed by atoms with Gasteiger partial charge < -0.3 is 9.73 Å². The number of aromatic nitrogens is 2. The van der Waals surface area contributed by atoms with E-state index in [4.69, 9.17) is 4.42 Å². The molecule has 0 fully saturated rings. The number of hydrogen-bond donors (Lipinski definition) is 1. The zero-order valence-electron chi connectivity index (χ0n) is 16.4. The summed E-state index contributed by atoms with van der Waals surface area (Å²) < 4.78 is 5.74. The molecule has 29 heavy (non-hydrogen) atoms. The average Bonchev–Trinajstić information content (AvgIpc) is 3.12. The molecule has 0 aliphatic rings. The van der Waals surface area contributed by atoms with Gasteiger partial charge in [-0.1, -0.05) is 18.2 Å². The second-order valence-electron chi connectivity index (χ2n) is 7.21. The molecule has 0 aliphatic carbocycles. The van der Waals surface area contributed by atoms with E-state index < -0.39 is 0 Å². The van der Waals surface area contributed by atoms with E-state index in [-0.39, 0.29) is 5.91 Å². The minimum absolute atomic E-state index is 0.00107. The molecule has 146 valence electrons. The molecule has 0 bridgehead atoms. The lowest BCUT2D eigenvalue weighted by Crippen LogP contribution is -2.11. The van der Waals surface area contributed by atoms with Crippen molar-refractivity contribution in [2.24, 2.45) is 0 Å². The third-order valence-electron chi connectivity index (χ3n) is 4.78. The van der Waals surface area contributed by atoms with E-state index in [2.05, 4.69) is 15.3 Å². The van der Waals surface area contributed by atoms with Crippen LogP contribution in [0.15, 0.2) is 71.4 Å². The first-order valence-electron chi connectivity index (χ1n) is 9.79. The summed E-state index contributed by atoms with van der Waals surface area (Å²) in [6.45, 7) is 2.03. The van der Waals surface area contributed by atoms with Gasteiger partial charge in [0.05, 0.1) is 0 Å². The lowest BCUT2D eigenvalue weighted by molar-refractivity contribution is -0.116. The molecule has 1 N–H and O–H groups in total. The van der Waals surface area contributed by atoms with Crippen LogP contribution < -0.4 is 5.32 Å². The van der Waals surface area contributed by atoms with E-state index in [1.165, 1.54) is 11.1 Å². The maximum Gasteiger partial charge on any atom is 0.224 e. The minimum Gasteiger partial charge on any atom is -0.441 e. The molecular formula is C24H23N3O2. The van der Waals surface area contributed by atoms with Crippen molar-refractivity contribution in [2.75, 3.05) is 5.32 Å². The SMILES string of the molecule is Cc1ccc2oc(CCCC(=O)Nc3ccc(Cc4ccncc4)cc3)nc2c1. The largest absolute Gasteiger partial charge is 0.441 e. The highest BCUT2D eigenvalue weighted by molar-refractivity contribution is 5.90. The summed E-state index contributed by atoms with van der Waals surface area (Å²) in [5, 5.41) is 2.95. The quantitative estimate of drug-likeness (QED) is 0.481. The van der Waals surface area contributed by atoms with Crippen LogP contribution in [0, 0.1) is 6.92 Å². The second-order valence-corrected chi connectivity index (χ2v) is 7.21. The number of benzene rings is 2. The van der Waals surface area contributed by atoms with E-state index in [0.29, 0.717) is 25.2 Å². The van der Waals surface area contributed by atoms with Gasteiger partial charge in [-0.3, -0.25) is 9.78 Å². The predicted octanol–water partition coefficient (Wildman–Crippen LogP) is 5.08. The molecule has 0 atom stereocenters. The van der Waals surface area contributed by atoms with Gasteiger partial charge in [-0.25, -0.2) is 4.98 Å². The molecule has 5 nitrogen and oxygen atoms in total. The summed E-state index contributed by atoms with van der Waals surface area (Å²) >= 11 is 0. The van der Waals surface area contributed by atoms with Gasteiger partial charge >= 0.3 is 0 Å². The molecule has 4 rings (SSSR count). The number of amides is 1. The Morgan fingerprint density at radius 3 is 2.55 bits per heavy atom. The third-order valence-corrected chi connectivity index (χ3v) is 4.78. The van der Waals surface area contributed by atoms with Crippen molar-refractivity contribution in [3.8, 4) is 0 Å². The zero-order chi connectivity index (χ0) is 20.1. The third kappa shape index (κ3) is 5.08. The monoisotopic (exact) mass is 385 g/mol. The smallest absolute Gasteiger partial charge is 0.224 e. The van der Waals surface area contributed by atoms with Gasteiger partial charge in [0.2, 0.25) is 5.91 Å². The van der Waals surface area contributed by atoms with Crippen LogP contribution in [0.1, 0.15) is 35.4 Å². The van der Waals surface area contributed by atoms with E-state index in [0.717, 1.165) is 28.8 Å². The first kappa shape index (κ1) is 18.9. The predicted molar refractivity (Wildman–Crippen MR) is 114 cm³/mol. The Kier molecular flexibility index (Phi) is 5.66. The van der Waals surface area contributed by atoms with Crippen LogP contribution in [0.25, 0.3) is 11.1 Å². The summed E-state index contributed by atoms with van der Waals surface area (Å²) in [6.07, 6.45) is 6.21. The summed E-state index contributed by atoms with van der Waals surface area (Å²) in [4.78, 5) is 20.8. The highest BCUT2D eigenvalue weighted by atomic mass is 16.3. The van der Waals surface area contributed by atoms with Crippen LogP contribution >= 0.6 is 0 Å². The van der Waals surface area contributed by atoms with E-state index >= 15 is 0 Å². The summed E-state index contributed by atoms with van der Waals surface area (Å²) in [5.74, 6) is 0.678. The van der Waals surface area contributed by atoms with E-state index in [9.17, 15) is 4.79 Å². The van der Waals surface area contributed by atoms with Crippen molar-refractivity contribution in [1.82, 2.24) is 9.97 Å². The Balaban J connectivity index is 1.25. The molecule has 0 spiro atoms. The van der Waals surface area contributed by atoms with Gasteiger partial charge in [0.15, 0.2) is 11.5 Å². The molecule has 0 radical (unpaired) electrons. The summed E-state index contributed by atoms with van der Waals surface area (Å²) in [6, 6.07) is 17.9. The second kappa shape index (κ2) is 8.69. The topological polar surface area (TPSA) is 68.0 Å². The van der Waals surface area contributed by atoms with Gasteiger partial charge in [0, 0.05) is 30.9 Å². The Labute approximate surface area is 169 Å². The number of hydrogen-bond acceptors (Lipinski definition) is 4. The highest BCUT2D eigenvalue weighted by Crippen LogP contribution is 2.18. The molecule has 0 saturated carbocycles. The van der Waals surface area contributed by atoms with Gasteiger partial charge in [-0.15, -0.1) is 0 Å². The molecule has 2 aromatic carbocycles. The summed E-state index contributed by atoms with van der Waals surface area (Å²) in [7, 11) is 0. The Hall–Kier alpha value is -3.47. The van der Waals surface area contributed by atoms with Gasteiger partial charge in [-0.2, -0.15) is 0 Å². The molecule has 2 heterocycles. The van der Waals surface area contributed by atoms with E-state index in [1.807, 2.05) is 61.5 Å². The summed E-state index contributed by atoms with van der Waals surface area (Å²) in [5.41, 5.74) is 6.04. The zero-order valence-corrected chi connectivity index (χ0v) is 16.4. The Morgan fingerprint density at radius 2 is 1.76 bits per heavy atom. The van der Waals surface area contributed by atoms with Gasteiger partial charge in [-0.05, 0) is 72.9 Å². The number of pyridine rings is 1. The molecule has 1 amide bonds. The van der Waals surface area contributed by atoms with Crippen molar-refractivity contribution in [1.29, 1.82) is 0 Å². The van der Waals surface area contributed by atoms with Crippen molar-refractivity contribution < 1.29 is 9.21 Å². The molecule has 2 aromatic heterocycles. The lowest BCUT2D eigenvalue weighted by Gasteiger charge is -2.06. The van der Waals surface area contributed by atoms with Crippen LogP contribution in [-0.4, -0.2) is 15.9 Å². The van der Waals surface area contributed by atoms with Crippen LogP contribution in [-0.2, 0) is 17.6 Å². The van der Waals surface area contributed by atoms with E-state index in [1.54, 1.807) is 12.4 Å². The normalized spacial score (nSPS) is 10.9. The minimum atomic E-state index is -0.00107. The van der Waals surface area contributed by atoms with Crippen molar-refractivity contribution >= 4 is 22.7 Å². The van der Waals surface area contributed by atoms with Crippen LogP contribution in [0.2, 0.25) is 0 Å². The lowest BCUT2D eigenvalue weighted by atomic mass is 10.1. The standard InChI is InChI=1S/C24H23N3O2/c1-17-5-10-22-21(15-17)27-24(29-22)4-2-3-23(28)26-20-8-6-18(7-9-20)16-19-11-13-25-14-12-19/h5-15H,2-4,16H2,1H3,(H,26,28). The van der Waals surface area contributed by atoms with Crippen molar-refractivity contribution in [3.05, 3.63) is 89.6 Å². The van der Waals surface area contributed by atoms with Crippen LogP contribution in [0.5, 0.6) is 0 Å². The van der Waals surface area contributed by atoms with Gasteiger partial charge in [0.25, 0.3) is 0 Å². The Morgan fingerprint density at radius 1 is 1.00 bits per heavy atom. The first-order chi connectivity index (χ1) is 14.2. The van der Waals surface area contributed by atoms with Crippen molar-refractivity contribution in [3.63, 3.8) is 0 Å². The fourth-order valence-electron chi connectivity index (χ4n) is 3.26. The molecule has 5 heteroatoms. The fourth-order valence-corrected chi connectivity index (χ4v) is 3.26. The number of nitrogens with one attached hydrogen (secondary N) is 1. The average molecular weight is 385 g/mol. The first-order valence-corrected chi connectivity index (χ1v) is 9.79. The van der Waals surface area contributed by atoms with Gasteiger partial charge in [0.1, 0.15) is 5.52 Å². The molecular weight excluding hydrogens is 362 g/mol. The molecule has 0 aliphatic heterocycles. The van der Waals surface area contributed by atoms with Crippen LogP contribution in [0.3, 0.4) is 0 Å². The maximum atomic E-state index is 12.2. The highest BCUT2D eigenvalue weighted by Gasteiger charge is 2.08. The van der Waals surface area contributed by atoms with Crippen molar-refractivity contribution in [2.45, 2.75) is 32.6 Å². The number of carbonyl (C=O) groups is 1. The number of anilines is 1. The number of carbonyl (C=O) groups excluding carboxylic acids is 1.